The third-order valence-corrected chi connectivity index (χ3v) is 5.67. The molecule has 2 atom stereocenters. The standard InChI is InChI=1S/C22H22ClFN4O/c1-2-22(29)26-17-8-9-18(12-17)28-21(13-25-27-28)15-5-3-14(4-6-15)19-10-7-16(23)11-20(19)24/h3-7,10-11,13,17-18H,2,8-9,12H2,1H3,(H,26,29)/t17-,18+/m0/s1. The molecule has 1 aliphatic rings. The molecular formula is C22H22ClFN4O. The maximum Gasteiger partial charge on any atom is 0.219 e. The second kappa shape index (κ2) is 8.33. The maximum atomic E-state index is 14.2. The van der Waals surface area contributed by atoms with E-state index in [1.807, 2.05) is 35.9 Å². The van der Waals surface area contributed by atoms with Gasteiger partial charge in [-0.15, -0.1) is 5.10 Å². The van der Waals surface area contributed by atoms with Gasteiger partial charge in [0, 0.05) is 28.6 Å². The number of aromatic nitrogens is 3. The molecule has 1 aromatic heterocycles. The molecule has 0 spiro atoms. The Labute approximate surface area is 173 Å². The number of carbonyl (C=O) groups excluding carboxylic acids is 1. The molecule has 1 fully saturated rings. The van der Waals surface area contributed by atoms with E-state index in [-0.39, 0.29) is 23.8 Å². The van der Waals surface area contributed by atoms with Crippen molar-refractivity contribution < 1.29 is 9.18 Å². The largest absolute Gasteiger partial charge is 0.353 e. The second-order valence-corrected chi connectivity index (χ2v) is 7.79. The van der Waals surface area contributed by atoms with Crippen molar-refractivity contribution in [1.29, 1.82) is 0 Å². The van der Waals surface area contributed by atoms with Gasteiger partial charge in [0.2, 0.25) is 5.91 Å². The Hall–Kier alpha value is -2.73. The third kappa shape index (κ3) is 4.17. The quantitative estimate of drug-likeness (QED) is 0.639. The maximum absolute atomic E-state index is 14.2. The van der Waals surface area contributed by atoms with Gasteiger partial charge in [-0.05, 0) is 43.0 Å². The van der Waals surface area contributed by atoms with Crippen LogP contribution in [0.1, 0.15) is 38.6 Å². The summed E-state index contributed by atoms with van der Waals surface area (Å²) >= 11 is 5.84. The summed E-state index contributed by atoms with van der Waals surface area (Å²) < 4.78 is 16.1. The zero-order valence-electron chi connectivity index (χ0n) is 16.1. The summed E-state index contributed by atoms with van der Waals surface area (Å²) in [6.45, 7) is 1.86. The van der Waals surface area contributed by atoms with Gasteiger partial charge >= 0.3 is 0 Å². The molecule has 0 unspecified atom stereocenters. The summed E-state index contributed by atoms with van der Waals surface area (Å²) in [6, 6.07) is 12.7. The topological polar surface area (TPSA) is 59.8 Å². The Balaban J connectivity index is 1.53. The molecule has 0 bridgehead atoms. The molecule has 1 amide bonds. The summed E-state index contributed by atoms with van der Waals surface area (Å²) in [5.41, 5.74) is 3.18. The number of benzene rings is 2. The minimum atomic E-state index is -0.344. The normalized spacial score (nSPS) is 18.7. The van der Waals surface area contributed by atoms with Crippen molar-refractivity contribution in [2.75, 3.05) is 0 Å². The number of carbonyl (C=O) groups is 1. The fourth-order valence-corrected chi connectivity index (χ4v) is 4.06. The number of nitrogens with one attached hydrogen (secondary N) is 1. The van der Waals surface area contributed by atoms with Gasteiger partial charge in [-0.2, -0.15) is 0 Å². The zero-order valence-corrected chi connectivity index (χ0v) is 16.9. The van der Waals surface area contributed by atoms with E-state index in [9.17, 15) is 9.18 Å². The minimum Gasteiger partial charge on any atom is -0.353 e. The monoisotopic (exact) mass is 412 g/mol. The molecule has 2 aromatic carbocycles. The molecule has 150 valence electrons. The first-order chi connectivity index (χ1) is 14.0. The highest BCUT2D eigenvalue weighted by molar-refractivity contribution is 6.30. The molecule has 3 aromatic rings. The van der Waals surface area contributed by atoms with Gasteiger partial charge < -0.3 is 5.32 Å². The summed E-state index contributed by atoms with van der Waals surface area (Å²) in [7, 11) is 0. The number of hydrogen-bond acceptors (Lipinski definition) is 3. The van der Waals surface area contributed by atoms with E-state index < -0.39 is 0 Å². The number of nitrogens with zero attached hydrogens (tertiary/aromatic N) is 3. The minimum absolute atomic E-state index is 0.0829. The Bertz CT molecular complexity index is 1020. The van der Waals surface area contributed by atoms with Gasteiger partial charge in [-0.1, -0.05) is 48.0 Å². The number of rotatable bonds is 5. The zero-order chi connectivity index (χ0) is 20.4. The van der Waals surface area contributed by atoms with Crippen molar-refractivity contribution in [2.45, 2.75) is 44.7 Å². The van der Waals surface area contributed by atoms with E-state index in [0.29, 0.717) is 17.0 Å². The molecule has 1 heterocycles. The molecule has 4 rings (SSSR count). The van der Waals surface area contributed by atoms with E-state index in [2.05, 4.69) is 15.6 Å². The van der Waals surface area contributed by atoms with Crippen LogP contribution < -0.4 is 5.32 Å². The summed E-state index contributed by atoms with van der Waals surface area (Å²) in [6.07, 6.45) is 4.96. The lowest BCUT2D eigenvalue weighted by molar-refractivity contribution is -0.121. The van der Waals surface area contributed by atoms with Crippen molar-refractivity contribution in [3.63, 3.8) is 0 Å². The first-order valence-electron chi connectivity index (χ1n) is 9.80. The van der Waals surface area contributed by atoms with Crippen LogP contribution in [-0.4, -0.2) is 26.9 Å². The van der Waals surface area contributed by atoms with Crippen LogP contribution in [0.4, 0.5) is 4.39 Å². The molecule has 29 heavy (non-hydrogen) atoms. The highest BCUT2D eigenvalue weighted by Crippen LogP contribution is 2.34. The molecule has 0 saturated heterocycles. The van der Waals surface area contributed by atoms with Crippen molar-refractivity contribution in [1.82, 2.24) is 20.3 Å². The molecule has 7 heteroatoms. The lowest BCUT2D eigenvalue weighted by Gasteiger charge is -2.15. The van der Waals surface area contributed by atoms with Gasteiger partial charge in [0.15, 0.2) is 0 Å². The van der Waals surface area contributed by atoms with Gasteiger partial charge in [0.1, 0.15) is 5.82 Å². The van der Waals surface area contributed by atoms with Crippen molar-refractivity contribution in [3.05, 3.63) is 59.5 Å². The van der Waals surface area contributed by atoms with E-state index in [1.54, 1.807) is 18.3 Å². The molecular weight excluding hydrogens is 391 g/mol. The fourth-order valence-electron chi connectivity index (χ4n) is 3.90. The van der Waals surface area contributed by atoms with Crippen LogP contribution in [0.15, 0.2) is 48.7 Å². The molecule has 1 N–H and O–H groups in total. The van der Waals surface area contributed by atoms with Gasteiger partial charge in [-0.3, -0.25) is 4.79 Å². The predicted molar refractivity (Wildman–Crippen MR) is 111 cm³/mol. The first-order valence-corrected chi connectivity index (χ1v) is 10.2. The average Bonchev–Trinajstić information content (AvgIpc) is 3.37. The predicted octanol–water partition coefficient (Wildman–Crippen LogP) is 5.02. The Morgan fingerprint density at radius 2 is 1.97 bits per heavy atom. The van der Waals surface area contributed by atoms with Gasteiger partial charge in [0.25, 0.3) is 0 Å². The fraction of sp³-hybridized carbons (Fsp3) is 0.318. The number of hydrogen-bond donors (Lipinski definition) is 1. The molecule has 1 aliphatic carbocycles. The molecule has 5 nitrogen and oxygen atoms in total. The molecule has 0 radical (unpaired) electrons. The lowest BCUT2D eigenvalue weighted by Crippen LogP contribution is -2.32. The van der Waals surface area contributed by atoms with Gasteiger partial charge in [0.05, 0.1) is 17.9 Å². The Morgan fingerprint density at radius 3 is 2.69 bits per heavy atom. The van der Waals surface area contributed by atoms with Crippen LogP contribution in [0, 0.1) is 5.82 Å². The average molecular weight is 413 g/mol. The van der Waals surface area contributed by atoms with E-state index in [1.165, 1.54) is 6.07 Å². The van der Waals surface area contributed by atoms with E-state index >= 15 is 0 Å². The van der Waals surface area contributed by atoms with Gasteiger partial charge in [-0.25, -0.2) is 9.07 Å². The van der Waals surface area contributed by atoms with Crippen LogP contribution in [0.2, 0.25) is 5.02 Å². The molecule has 0 aliphatic heterocycles. The van der Waals surface area contributed by atoms with Crippen LogP contribution in [0.3, 0.4) is 0 Å². The smallest absolute Gasteiger partial charge is 0.219 e. The highest BCUT2D eigenvalue weighted by atomic mass is 35.5. The Kier molecular flexibility index (Phi) is 5.62. The second-order valence-electron chi connectivity index (χ2n) is 7.35. The lowest BCUT2D eigenvalue weighted by atomic mass is 10.0. The van der Waals surface area contributed by atoms with Crippen LogP contribution in [0.25, 0.3) is 22.4 Å². The van der Waals surface area contributed by atoms with E-state index in [4.69, 9.17) is 11.6 Å². The summed E-state index contributed by atoms with van der Waals surface area (Å²) in [5.74, 6) is -0.262. The van der Waals surface area contributed by atoms with Crippen LogP contribution in [-0.2, 0) is 4.79 Å². The summed E-state index contributed by atoms with van der Waals surface area (Å²) in [5, 5.41) is 11.8. The van der Waals surface area contributed by atoms with Crippen LogP contribution >= 0.6 is 11.6 Å². The summed E-state index contributed by atoms with van der Waals surface area (Å²) in [4.78, 5) is 11.7. The van der Waals surface area contributed by atoms with Crippen molar-refractivity contribution in [3.8, 4) is 22.4 Å². The first kappa shape index (κ1) is 19.6. The van der Waals surface area contributed by atoms with Crippen molar-refractivity contribution >= 4 is 17.5 Å². The van der Waals surface area contributed by atoms with E-state index in [0.717, 1.165) is 36.1 Å². The van der Waals surface area contributed by atoms with Crippen LogP contribution in [0.5, 0.6) is 0 Å². The number of amides is 1. The number of halogens is 2. The Morgan fingerprint density at radius 1 is 1.21 bits per heavy atom. The highest BCUT2D eigenvalue weighted by Gasteiger charge is 2.29. The SMILES string of the molecule is CCC(=O)N[C@H]1CC[C@@H](n2nncc2-c2ccc(-c3ccc(Cl)cc3F)cc2)C1. The third-order valence-electron chi connectivity index (χ3n) is 5.43. The molecule has 1 saturated carbocycles. The van der Waals surface area contributed by atoms with Crippen molar-refractivity contribution in [2.24, 2.45) is 0 Å².